The maximum Gasteiger partial charge on any atom is 0.316 e. The molecule has 0 saturated carbocycles. The predicted molar refractivity (Wildman–Crippen MR) is 82.6 cm³/mol. The molecule has 0 aliphatic heterocycles. The fourth-order valence-electron chi connectivity index (χ4n) is 2.53. The number of hydrogen-bond donors (Lipinski definition) is 3. The molecule has 2 rings (SSSR count). The highest BCUT2D eigenvalue weighted by atomic mass is 16.2. The lowest BCUT2D eigenvalue weighted by molar-refractivity contribution is 0.259. The third-order valence-electron chi connectivity index (χ3n) is 3.71. The van der Waals surface area contributed by atoms with Gasteiger partial charge in [-0.1, -0.05) is 23.8 Å². The Labute approximate surface area is 120 Å². The van der Waals surface area contributed by atoms with Crippen LogP contribution in [0.25, 0.3) is 0 Å². The standard InChI is InChI=1S/C16H23N3O/c1-12(18-11-10-13-4-2-3-5-13)14-6-8-15(9-7-14)19-16(17)20/h4,6-9,12,18H,2-3,5,10-11H2,1H3,(H3,17,19,20). The van der Waals surface area contributed by atoms with Crippen molar-refractivity contribution in [2.24, 2.45) is 5.73 Å². The van der Waals surface area contributed by atoms with Gasteiger partial charge in [0, 0.05) is 11.7 Å². The Morgan fingerprint density at radius 3 is 2.70 bits per heavy atom. The lowest BCUT2D eigenvalue weighted by Crippen LogP contribution is -2.21. The van der Waals surface area contributed by atoms with Crippen molar-refractivity contribution in [2.75, 3.05) is 11.9 Å². The third-order valence-corrected chi connectivity index (χ3v) is 3.71. The Hall–Kier alpha value is -1.81. The first kappa shape index (κ1) is 14.6. The van der Waals surface area contributed by atoms with Gasteiger partial charge in [-0.15, -0.1) is 0 Å². The van der Waals surface area contributed by atoms with Crippen molar-refractivity contribution in [2.45, 2.75) is 38.6 Å². The van der Waals surface area contributed by atoms with Crippen LogP contribution in [0.15, 0.2) is 35.9 Å². The topological polar surface area (TPSA) is 67.2 Å². The van der Waals surface area contributed by atoms with Gasteiger partial charge in [-0.2, -0.15) is 0 Å². The van der Waals surface area contributed by atoms with Crippen molar-refractivity contribution in [1.29, 1.82) is 0 Å². The van der Waals surface area contributed by atoms with Crippen LogP contribution in [0.1, 0.15) is 44.2 Å². The summed E-state index contributed by atoms with van der Waals surface area (Å²) in [4.78, 5) is 10.7. The minimum absolute atomic E-state index is 0.305. The molecule has 1 aromatic carbocycles. The second-order valence-corrected chi connectivity index (χ2v) is 5.29. The number of anilines is 1. The molecule has 1 aromatic rings. The van der Waals surface area contributed by atoms with Crippen LogP contribution in [-0.2, 0) is 0 Å². The number of benzene rings is 1. The van der Waals surface area contributed by atoms with E-state index in [4.69, 9.17) is 5.73 Å². The zero-order valence-electron chi connectivity index (χ0n) is 12.0. The molecule has 4 N–H and O–H groups in total. The van der Waals surface area contributed by atoms with Crippen LogP contribution < -0.4 is 16.4 Å². The summed E-state index contributed by atoms with van der Waals surface area (Å²) in [5.41, 5.74) is 8.60. The highest BCUT2D eigenvalue weighted by Crippen LogP contribution is 2.21. The van der Waals surface area contributed by atoms with Gasteiger partial charge in [-0.3, -0.25) is 0 Å². The first-order chi connectivity index (χ1) is 9.65. The first-order valence-corrected chi connectivity index (χ1v) is 7.23. The minimum atomic E-state index is -0.534. The molecule has 108 valence electrons. The minimum Gasteiger partial charge on any atom is -0.351 e. The van der Waals surface area contributed by atoms with Gasteiger partial charge in [-0.05, 0) is 56.8 Å². The zero-order valence-corrected chi connectivity index (χ0v) is 12.0. The summed E-state index contributed by atoms with van der Waals surface area (Å²) in [5.74, 6) is 0. The molecule has 4 heteroatoms. The number of hydrogen-bond acceptors (Lipinski definition) is 2. The lowest BCUT2D eigenvalue weighted by Gasteiger charge is -2.15. The smallest absolute Gasteiger partial charge is 0.316 e. The average molecular weight is 273 g/mol. The number of carbonyl (C=O) groups is 1. The van der Waals surface area contributed by atoms with Crippen LogP contribution in [0.5, 0.6) is 0 Å². The maximum absolute atomic E-state index is 10.7. The van der Waals surface area contributed by atoms with Gasteiger partial charge < -0.3 is 16.4 Å². The fraction of sp³-hybridized carbons (Fsp3) is 0.438. The molecule has 0 bridgehead atoms. The summed E-state index contributed by atoms with van der Waals surface area (Å²) in [7, 11) is 0. The summed E-state index contributed by atoms with van der Waals surface area (Å²) < 4.78 is 0. The normalized spacial score (nSPS) is 15.8. The second kappa shape index (κ2) is 7.10. The van der Waals surface area contributed by atoms with E-state index < -0.39 is 6.03 Å². The van der Waals surface area contributed by atoms with Crippen molar-refractivity contribution in [1.82, 2.24) is 5.32 Å². The number of carbonyl (C=O) groups excluding carboxylic acids is 1. The van der Waals surface area contributed by atoms with E-state index in [1.807, 2.05) is 24.3 Å². The zero-order chi connectivity index (χ0) is 14.4. The van der Waals surface area contributed by atoms with E-state index in [-0.39, 0.29) is 0 Å². The maximum atomic E-state index is 10.7. The van der Waals surface area contributed by atoms with Gasteiger partial charge in [0.1, 0.15) is 0 Å². The highest BCUT2D eigenvalue weighted by molar-refractivity contribution is 5.87. The molecule has 0 aromatic heterocycles. The third kappa shape index (κ3) is 4.38. The van der Waals surface area contributed by atoms with Gasteiger partial charge in [0.05, 0.1) is 0 Å². The molecule has 0 fully saturated rings. The number of nitrogens with two attached hydrogens (primary N) is 1. The summed E-state index contributed by atoms with van der Waals surface area (Å²) in [6, 6.07) is 7.54. The Kier molecular flexibility index (Phi) is 5.18. The first-order valence-electron chi connectivity index (χ1n) is 7.23. The number of allylic oxidation sites excluding steroid dienone is 1. The molecule has 4 nitrogen and oxygen atoms in total. The quantitative estimate of drug-likeness (QED) is 0.696. The van der Waals surface area contributed by atoms with E-state index in [9.17, 15) is 4.79 Å². The van der Waals surface area contributed by atoms with Crippen LogP contribution in [0, 0.1) is 0 Å². The van der Waals surface area contributed by atoms with E-state index in [1.54, 1.807) is 5.57 Å². The number of urea groups is 1. The molecule has 0 heterocycles. The summed E-state index contributed by atoms with van der Waals surface area (Å²) in [6.07, 6.45) is 7.35. The Morgan fingerprint density at radius 1 is 1.35 bits per heavy atom. The van der Waals surface area contributed by atoms with E-state index in [2.05, 4.69) is 23.6 Å². The largest absolute Gasteiger partial charge is 0.351 e. The average Bonchev–Trinajstić information content (AvgIpc) is 2.92. The summed E-state index contributed by atoms with van der Waals surface area (Å²) >= 11 is 0. The number of nitrogens with one attached hydrogen (secondary N) is 2. The molecule has 0 spiro atoms. The van der Waals surface area contributed by atoms with Crippen molar-refractivity contribution in [3.63, 3.8) is 0 Å². The molecular weight excluding hydrogens is 250 g/mol. The van der Waals surface area contributed by atoms with E-state index >= 15 is 0 Å². The molecule has 1 aliphatic rings. The molecule has 1 unspecified atom stereocenters. The number of amides is 2. The van der Waals surface area contributed by atoms with Crippen LogP contribution in [0.4, 0.5) is 10.5 Å². The SMILES string of the molecule is CC(NCCC1=CCCC1)c1ccc(NC(N)=O)cc1. The van der Waals surface area contributed by atoms with Gasteiger partial charge in [0.2, 0.25) is 0 Å². The summed E-state index contributed by atoms with van der Waals surface area (Å²) in [5, 5.41) is 6.10. The van der Waals surface area contributed by atoms with Crippen LogP contribution in [0.2, 0.25) is 0 Å². The molecule has 1 atom stereocenters. The molecular formula is C16H23N3O. The van der Waals surface area contributed by atoms with E-state index in [0.717, 1.165) is 18.7 Å². The van der Waals surface area contributed by atoms with Crippen LogP contribution in [-0.4, -0.2) is 12.6 Å². The molecule has 1 aliphatic carbocycles. The second-order valence-electron chi connectivity index (χ2n) is 5.29. The van der Waals surface area contributed by atoms with Gasteiger partial charge in [0.15, 0.2) is 0 Å². The Balaban J connectivity index is 1.79. The van der Waals surface area contributed by atoms with E-state index in [0.29, 0.717) is 6.04 Å². The van der Waals surface area contributed by atoms with Gasteiger partial charge in [-0.25, -0.2) is 4.79 Å². The van der Waals surface area contributed by atoms with Crippen LogP contribution >= 0.6 is 0 Å². The van der Waals surface area contributed by atoms with Gasteiger partial charge >= 0.3 is 6.03 Å². The van der Waals surface area contributed by atoms with Gasteiger partial charge in [0.25, 0.3) is 0 Å². The van der Waals surface area contributed by atoms with Crippen molar-refractivity contribution in [3.8, 4) is 0 Å². The van der Waals surface area contributed by atoms with E-state index in [1.165, 1.54) is 24.8 Å². The summed E-state index contributed by atoms with van der Waals surface area (Å²) in [6.45, 7) is 3.16. The lowest BCUT2D eigenvalue weighted by atomic mass is 10.1. The van der Waals surface area contributed by atoms with Crippen molar-refractivity contribution >= 4 is 11.7 Å². The predicted octanol–water partition coefficient (Wildman–Crippen LogP) is 3.33. The molecule has 2 amide bonds. The van der Waals surface area contributed by atoms with Crippen molar-refractivity contribution in [3.05, 3.63) is 41.5 Å². The molecule has 20 heavy (non-hydrogen) atoms. The number of rotatable bonds is 6. The van der Waals surface area contributed by atoms with Crippen molar-refractivity contribution < 1.29 is 4.79 Å². The molecule has 0 radical (unpaired) electrons. The highest BCUT2D eigenvalue weighted by Gasteiger charge is 2.07. The van der Waals surface area contributed by atoms with Crippen LogP contribution in [0.3, 0.4) is 0 Å². The Morgan fingerprint density at radius 2 is 2.10 bits per heavy atom. The number of primary amides is 1. The fourth-order valence-corrected chi connectivity index (χ4v) is 2.53. The monoisotopic (exact) mass is 273 g/mol. The Bertz CT molecular complexity index is 479. The molecule has 0 saturated heterocycles.